The summed E-state index contributed by atoms with van der Waals surface area (Å²) >= 11 is 0. The summed E-state index contributed by atoms with van der Waals surface area (Å²) in [5.41, 5.74) is 2.37. The van der Waals surface area contributed by atoms with Crippen LogP contribution in [0.2, 0.25) is 0 Å². The molecule has 0 atom stereocenters. The summed E-state index contributed by atoms with van der Waals surface area (Å²) in [7, 11) is 0. The van der Waals surface area contributed by atoms with Crippen molar-refractivity contribution < 1.29 is 9.59 Å². The van der Waals surface area contributed by atoms with E-state index in [1.807, 2.05) is 0 Å². The molecule has 0 N–H and O–H groups in total. The highest BCUT2D eigenvalue weighted by molar-refractivity contribution is 6.22. The molecule has 0 spiro atoms. The molecule has 86 valence electrons. The Morgan fingerprint density at radius 3 is 2.50 bits per heavy atom. The molecule has 0 radical (unpaired) electrons. The fraction of sp³-hybridized carbons (Fsp3) is 0.571. The summed E-state index contributed by atoms with van der Waals surface area (Å²) in [6.45, 7) is 2.10. The predicted octanol–water partition coefficient (Wildman–Crippen LogP) is 3.13. The van der Waals surface area contributed by atoms with Crippen molar-refractivity contribution in [1.82, 2.24) is 0 Å². The first-order valence-corrected chi connectivity index (χ1v) is 6.25. The van der Waals surface area contributed by atoms with Crippen molar-refractivity contribution in [2.24, 2.45) is 0 Å². The molecule has 16 heavy (non-hydrogen) atoms. The third-order valence-corrected chi connectivity index (χ3v) is 3.44. The van der Waals surface area contributed by atoms with Crippen LogP contribution in [0.5, 0.6) is 0 Å². The highest BCUT2D eigenvalue weighted by atomic mass is 16.1. The summed E-state index contributed by atoms with van der Waals surface area (Å²) in [6, 6.07) is 0. The Bertz CT molecular complexity index is 386. The molecule has 0 bridgehead atoms. The quantitative estimate of drug-likeness (QED) is 0.682. The zero-order chi connectivity index (χ0) is 11.5. The molecule has 2 aliphatic rings. The van der Waals surface area contributed by atoms with E-state index in [0.29, 0.717) is 0 Å². The van der Waals surface area contributed by atoms with Crippen LogP contribution in [0.3, 0.4) is 0 Å². The average molecular weight is 218 g/mol. The van der Waals surface area contributed by atoms with Gasteiger partial charge in [0, 0.05) is 16.7 Å². The van der Waals surface area contributed by atoms with Crippen LogP contribution in [0, 0.1) is 0 Å². The van der Waals surface area contributed by atoms with Crippen LogP contribution in [-0.2, 0) is 9.59 Å². The number of ketones is 2. The fourth-order valence-electron chi connectivity index (χ4n) is 2.49. The second-order valence-electron chi connectivity index (χ2n) is 4.63. The Hall–Kier alpha value is -1.18. The van der Waals surface area contributed by atoms with E-state index in [9.17, 15) is 9.59 Å². The maximum atomic E-state index is 12.1. The van der Waals surface area contributed by atoms with Gasteiger partial charge in [0.15, 0.2) is 11.6 Å². The smallest absolute Gasteiger partial charge is 0.185 e. The molecule has 0 amide bonds. The zero-order valence-corrected chi connectivity index (χ0v) is 9.84. The molecule has 0 heterocycles. The molecular weight excluding hydrogens is 200 g/mol. The van der Waals surface area contributed by atoms with Gasteiger partial charge in [-0.05, 0) is 44.6 Å². The van der Waals surface area contributed by atoms with Crippen LogP contribution in [0.4, 0.5) is 0 Å². The van der Waals surface area contributed by atoms with Gasteiger partial charge in [-0.25, -0.2) is 0 Å². The minimum absolute atomic E-state index is 0.0976. The second-order valence-corrected chi connectivity index (χ2v) is 4.63. The average Bonchev–Trinajstić information content (AvgIpc) is 2.32. The molecule has 2 aliphatic carbocycles. The van der Waals surface area contributed by atoms with Crippen LogP contribution < -0.4 is 0 Å². The van der Waals surface area contributed by atoms with Gasteiger partial charge in [0.2, 0.25) is 0 Å². The topological polar surface area (TPSA) is 34.1 Å². The van der Waals surface area contributed by atoms with E-state index < -0.39 is 0 Å². The van der Waals surface area contributed by atoms with Gasteiger partial charge < -0.3 is 0 Å². The number of hydrogen-bond acceptors (Lipinski definition) is 2. The van der Waals surface area contributed by atoms with Gasteiger partial charge in [-0.3, -0.25) is 9.59 Å². The van der Waals surface area contributed by atoms with Crippen molar-refractivity contribution >= 4 is 11.6 Å². The monoisotopic (exact) mass is 218 g/mol. The maximum Gasteiger partial charge on any atom is 0.185 e. The first-order chi connectivity index (χ1) is 7.74. The minimum atomic E-state index is 0.0976. The van der Waals surface area contributed by atoms with Gasteiger partial charge in [0.05, 0.1) is 0 Å². The van der Waals surface area contributed by atoms with E-state index in [1.165, 1.54) is 0 Å². The lowest BCUT2D eigenvalue weighted by atomic mass is 9.80. The molecule has 0 aromatic heterocycles. The summed E-state index contributed by atoms with van der Waals surface area (Å²) in [5.74, 6) is 0.253. The largest absolute Gasteiger partial charge is 0.290 e. The molecular formula is C14H18O2. The Balaban J connectivity index is 2.22. The third kappa shape index (κ3) is 2.01. The molecule has 0 unspecified atom stereocenters. The first kappa shape index (κ1) is 11.3. The molecule has 0 saturated heterocycles. The van der Waals surface area contributed by atoms with E-state index >= 15 is 0 Å². The summed E-state index contributed by atoms with van der Waals surface area (Å²) < 4.78 is 0. The Morgan fingerprint density at radius 1 is 1.12 bits per heavy atom. The molecule has 0 aliphatic heterocycles. The lowest BCUT2D eigenvalue weighted by Crippen LogP contribution is -2.21. The van der Waals surface area contributed by atoms with Crippen LogP contribution >= 0.6 is 0 Å². The zero-order valence-electron chi connectivity index (χ0n) is 9.84. The Kier molecular flexibility index (Phi) is 3.37. The number of carbonyl (C=O) groups is 2. The second kappa shape index (κ2) is 4.77. The van der Waals surface area contributed by atoms with Crippen LogP contribution in [0.15, 0.2) is 22.8 Å². The first-order valence-electron chi connectivity index (χ1n) is 6.25. The minimum Gasteiger partial charge on any atom is -0.290 e. The lowest BCUT2D eigenvalue weighted by Gasteiger charge is -2.22. The van der Waals surface area contributed by atoms with Crippen molar-refractivity contribution in [3.05, 3.63) is 22.8 Å². The number of hydrogen-bond donors (Lipinski definition) is 0. The Labute approximate surface area is 96.4 Å². The number of carbonyl (C=O) groups excluding carboxylic acids is 2. The Morgan fingerprint density at radius 2 is 1.81 bits per heavy atom. The molecule has 0 fully saturated rings. The van der Waals surface area contributed by atoms with Crippen molar-refractivity contribution in [2.45, 2.75) is 51.9 Å². The molecule has 2 heteroatoms. The highest BCUT2D eigenvalue weighted by Gasteiger charge is 2.29. The van der Waals surface area contributed by atoms with E-state index in [0.717, 1.165) is 61.7 Å². The number of rotatable bonds is 3. The highest BCUT2D eigenvalue weighted by Crippen LogP contribution is 2.32. The summed E-state index contributed by atoms with van der Waals surface area (Å²) in [5, 5.41) is 0. The predicted molar refractivity (Wildman–Crippen MR) is 63.1 cm³/mol. The van der Waals surface area contributed by atoms with E-state index in [1.54, 1.807) is 6.08 Å². The van der Waals surface area contributed by atoms with E-state index in [4.69, 9.17) is 0 Å². The van der Waals surface area contributed by atoms with Gasteiger partial charge in [0.1, 0.15) is 0 Å². The third-order valence-electron chi connectivity index (χ3n) is 3.44. The van der Waals surface area contributed by atoms with Gasteiger partial charge in [-0.15, -0.1) is 0 Å². The SMILES string of the molecule is CCCCC1=CC(=O)C2=C(CCCC2)C1=O. The molecule has 2 nitrogen and oxygen atoms in total. The molecule has 2 rings (SSSR count). The van der Waals surface area contributed by atoms with Crippen LogP contribution in [0.1, 0.15) is 51.9 Å². The van der Waals surface area contributed by atoms with Crippen molar-refractivity contribution in [3.63, 3.8) is 0 Å². The molecule has 0 aromatic carbocycles. The van der Waals surface area contributed by atoms with E-state index in [-0.39, 0.29) is 11.6 Å². The van der Waals surface area contributed by atoms with Crippen molar-refractivity contribution in [1.29, 1.82) is 0 Å². The fourth-order valence-corrected chi connectivity index (χ4v) is 2.49. The van der Waals surface area contributed by atoms with Gasteiger partial charge in [-0.1, -0.05) is 13.3 Å². The lowest BCUT2D eigenvalue weighted by molar-refractivity contribution is -0.116. The number of unbranched alkanes of at least 4 members (excludes halogenated alkanes) is 1. The number of Topliss-reactive ketones (excluding diaryl/α,β-unsaturated/α-hetero) is 1. The van der Waals surface area contributed by atoms with Crippen molar-refractivity contribution in [3.8, 4) is 0 Å². The standard InChI is InChI=1S/C14H18O2/c1-2-3-6-10-9-13(15)11-7-4-5-8-12(11)14(10)16/h9H,2-8H2,1H3. The van der Waals surface area contributed by atoms with Crippen LogP contribution in [-0.4, -0.2) is 11.6 Å². The van der Waals surface area contributed by atoms with Gasteiger partial charge in [0.25, 0.3) is 0 Å². The summed E-state index contributed by atoms with van der Waals surface area (Å²) in [6.07, 6.45) is 8.12. The van der Waals surface area contributed by atoms with Crippen LogP contribution in [0.25, 0.3) is 0 Å². The van der Waals surface area contributed by atoms with Gasteiger partial charge in [-0.2, -0.15) is 0 Å². The van der Waals surface area contributed by atoms with Gasteiger partial charge >= 0.3 is 0 Å². The molecule has 0 aromatic rings. The summed E-state index contributed by atoms with van der Waals surface area (Å²) in [4.78, 5) is 24.0. The normalized spacial score (nSPS) is 20.9. The van der Waals surface area contributed by atoms with Crippen molar-refractivity contribution in [2.75, 3.05) is 0 Å². The number of allylic oxidation sites excluding steroid dienone is 4. The molecule has 0 saturated carbocycles. The maximum absolute atomic E-state index is 12.1. The van der Waals surface area contributed by atoms with E-state index in [2.05, 4.69) is 6.92 Å².